The number of para-hydroxylation sites is 2. The number of nitrogens with zero attached hydrogens (tertiary/aromatic N) is 1. The molecule has 8 heteroatoms. The molecule has 0 fully saturated rings. The first kappa shape index (κ1) is 19.8. The summed E-state index contributed by atoms with van der Waals surface area (Å²) >= 11 is 0. The minimum Gasteiger partial charge on any atom is -0.490 e. The van der Waals surface area contributed by atoms with Crippen LogP contribution < -0.4 is 19.1 Å². The van der Waals surface area contributed by atoms with Crippen molar-refractivity contribution in [2.24, 2.45) is 0 Å². The van der Waals surface area contributed by atoms with Crippen molar-refractivity contribution in [2.75, 3.05) is 28.5 Å². The number of hydrogen-bond acceptors (Lipinski definition) is 5. The van der Waals surface area contributed by atoms with Crippen LogP contribution in [0.25, 0.3) is 0 Å². The SMILES string of the molecule is C=CCOc1ccc(NC(=O)C2CN(S(=O)(=O)CC)c3ccccc3O2)cc1. The van der Waals surface area contributed by atoms with Crippen molar-refractivity contribution in [3.63, 3.8) is 0 Å². The lowest BCUT2D eigenvalue weighted by Crippen LogP contribution is -2.49. The van der Waals surface area contributed by atoms with Crippen LogP contribution in [0, 0.1) is 0 Å². The summed E-state index contributed by atoms with van der Waals surface area (Å²) in [7, 11) is -3.54. The molecular weight excluding hydrogens is 380 g/mol. The lowest BCUT2D eigenvalue weighted by atomic mass is 10.2. The lowest BCUT2D eigenvalue weighted by molar-refractivity contribution is -0.122. The van der Waals surface area contributed by atoms with Crippen molar-refractivity contribution in [1.29, 1.82) is 0 Å². The molecule has 0 saturated carbocycles. The average molecular weight is 402 g/mol. The molecule has 2 aromatic carbocycles. The van der Waals surface area contributed by atoms with E-state index < -0.39 is 22.0 Å². The number of carbonyl (C=O) groups excluding carboxylic acids is 1. The molecule has 1 aliphatic heterocycles. The van der Waals surface area contributed by atoms with E-state index in [2.05, 4.69) is 11.9 Å². The molecule has 0 saturated heterocycles. The molecule has 7 nitrogen and oxygen atoms in total. The highest BCUT2D eigenvalue weighted by atomic mass is 32.2. The van der Waals surface area contributed by atoms with E-state index >= 15 is 0 Å². The van der Waals surface area contributed by atoms with Gasteiger partial charge in [0, 0.05) is 5.69 Å². The highest BCUT2D eigenvalue weighted by Gasteiger charge is 2.35. The standard InChI is InChI=1S/C20H22N2O5S/c1-3-13-26-16-11-9-15(10-12-16)21-20(23)19-14-22(28(24,25)4-2)17-7-5-6-8-18(17)27-19/h3,5-12,19H,1,4,13-14H2,2H3,(H,21,23). The van der Waals surface area contributed by atoms with E-state index in [0.29, 0.717) is 29.5 Å². The van der Waals surface area contributed by atoms with Gasteiger partial charge in [0.05, 0.1) is 18.0 Å². The molecular formula is C20H22N2O5S. The summed E-state index contributed by atoms with van der Waals surface area (Å²) in [4.78, 5) is 12.7. The Morgan fingerprint density at radius 3 is 2.68 bits per heavy atom. The zero-order valence-corrected chi connectivity index (χ0v) is 16.3. The van der Waals surface area contributed by atoms with E-state index in [1.54, 1.807) is 61.5 Å². The topological polar surface area (TPSA) is 84.9 Å². The molecule has 1 amide bonds. The van der Waals surface area contributed by atoms with Gasteiger partial charge in [0.15, 0.2) is 6.10 Å². The maximum atomic E-state index is 12.7. The van der Waals surface area contributed by atoms with E-state index in [9.17, 15) is 13.2 Å². The lowest BCUT2D eigenvalue weighted by Gasteiger charge is -2.34. The normalized spacial score (nSPS) is 15.9. The van der Waals surface area contributed by atoms with Crippen LogP contribution in [0.3, 0.4) is 0 Å². The third-order valence-electron chi connectivity index (χ3n) is 4.22. The Labute approximate surface area is 164 Å². The Bertz CT molecular complexity index is 957. The second-order valence-corrected chi connectivity index (χ2v) is 8.30. The van der Waals surface area contributed by atoms with Gasteiger partial charge < -0.3 is 14.8 Å². The Morgan fingerprint density at radius 2 is 2.00 bits per heavy atom. The minimum atomic E-state index is -3.54. The summed E-state index contributed by atoms with van der Waals surface area (Å²) in [5, 5.41) is 2.75. The number of anilines is 2. The number of benzene rings is 2. The molecule has 0 aromatic heterocycles. The Kier molecular flexibility index (Phi) is 5.89. The molecule has 1 atom stereocenters. The summed E-state index contributed by atoms with van der Waals surface area (Å²) in [6.45, 7) is 5.46. The van der Waals surface area contributed by atoms with Crippen molar-refractivity contribution < 1.29 is 22.7 Å². The van der Waals surface area contributed by atoms with Crippen molar-refractivity contribution in [3.8, 4) is 11.5 Å². The van der Waals surface area contributed by atoms with Gasteiger partial charge in [0.25, 0.3) is 5.91 Å². The largest absolute Gasteiger partial charge is 0.490 e. The predicted octanol–water partition coefficient (Wildman–Crippen LogP) is 2.81. The third kappa shape index (κ3) is 4.28. The van der Waals surface area contributed by atoms with Crippen LogP contribution in [0.5, 0.6) is 11.5 Å². The van der Waals surface area contributed by atoms with Crippen LogP contribution >= 0.6 is 0 Å². The quantitative estimate of drug-likeness (QED) is 0.720. The van der Waals surface area contributed by atoms with E-state index in [1.165, 1.54) is 4.31 Å². The van der Waals surface area contributed by atoms with Gasteiger partial charge in [-0.15, -0.1) is 0 Å². The van der Waals surface area contributed by atoms with Gasteiger partial charge >= 0.3 is 0 Å². The molecule has 0 radical (unpaired) electrons. The van der Waals surface area contributed by atoms with Gasteiger partial charge in [-0.25, -0.2) is 8.42 Å². The number of sulfonamides is 1. The minimum absolute atomic E-state index is 0.0676. The van der Waals surface area contributed by atoms with Crippen molar-refractivity contribution in [3.05, 3.63) is 61.2 Å². The van der Waals surface area contributed by atoms with Crippen LogP contribution in [0.15, 0.2) is 61.2 Å². The highest BCUT2D eigenvalue weighted by molar-refractivity contribution is 7.92. The van der Waals surface area contributed by atoms with Crippen LogP contribution in [-0.2, 0) is 14.8 Å². The Balaban J connectivity index is 1.76. The first-order chi connectivity index (χ1) is 13.4. The molecule has 3 rings (SSSR count). The second-order valence-electron chi connectivity index (χ2n) is 6.12. The summed E-state index contributed by atoms with van der Waals surface area (Å²) in [6, 6.07) is 13.6. The monoisotopic (exact) mass is 402 g/mol. The van der Waals surface area contributed by atoms with Crippen molar-refractivity contribution in [2.45, 2.75) is 13.0 Å². The van der Waals surface area contributed by atoms with Gasteiger partial charge in [-0.1, -0.05) is 24.8 Å². The number of amides is 1. The molecule has 1 heterocycles. The van der Waals surface area contributed by atoms with E-state index in [0.717, 1.165) is 0 Å². The molecule has 1 N–H and O–H groups in total. The van der Waals surface area contributed by atoms with E-state index in [1.807, 2.05) is 0 Å². The number of carbonyl (C=O) groups is 1. The zero-order valence-electron chi connectivity index (χ0n) is 15.5. The van der Waals surface area contributed by atoms with Gasteiger partial charge in [-0.2, -0.15) is 0 Å². The molecule has 148 valence electrons. The number of ether oxygens (including phenoxy) is 2. The summed E-state index contributed by atoms with van der Waals surface area (Å²) in [5.41, 5.74) is 1.00. The predicted molar refractivity (Wildman–Crippen MR) is 108 cm³/mol. The van der Waals surface area contributed by atoms with Crippen LogP contribution in [-0.4, -0.2) is 39.3 Å². The molecule has 28 heavy (non-hydrogen) atoms. The van der Waals surface area contributed by atoms with Crippen LogP contribution in [0.2, 0.25) is 0 Å². The third-order valence-corrected chi connectivity index (χ3v) is 5.96. The molecule has 1 aliphatic rings. The summed E-state index contributed by atoms with van der Waals surface area (Å²) < 4.78 is 37.4. The fourth-order valence-corrected chi connectivity index (χ4v) is 3.90. The maximum Gasteiger partial charge on any atom is 0.267 e. The maximum absolute atomic E-state index is 12.7. The number of hydrogen-bond donors (Lipinski definition) is 1. The van der Waals surface area contributed by atoms with Gasteiger partial charge in [-0.05, 0) is 43.3 Å². The first-order valence-corrected chi connectivity index (χ1v) is 10.5. The number of fused-ring (bicyclic) bond motifs is 1. The highest BCUT2D eigenvalue weighted by Crippen LogP contribution is 2.35. The zero-order chi connectivity index (χ0) is 20.1. The van der Waals surface area contributed by atoms with Crippen LogP contribution in [0.1, 0.15) is 6.92 Å². The van der Waals surface area contributed by atoms with E-state index in [-0.39, 0.29) is 12.3 Å². The fraction of sp³-hybridized carbons (Fsp3) is 0.250. The molecule has 0 spiro atoms. The van der Waals surface area contributed by atoms with Crippen molar-refractivity contribution >= 4 is 27.3 Å². The van der Waals surface area contributed by atoms with E-state index in [4.69, 9.17) is 9.47 Å². The molecule has 2 aromatic rings. The van der Waals surface area contributed by atoms with Crippen LogP contribution in [0.4, 0.5) is 11.4 Å². The van der Waals surface area contributed by atoms with Crippen molar-refractivity contribution in [1.82, 2.24) is 0 Å². The number of rotatable bonds is 7. The summed E-state index contributed by atoms with van der Waals surface area (Å²) in [6.07, 6.45) is 0.678. The Hall–Kier alpha value is -3.00. The number of nitrogens with one attached hydrogen (secondary N) is 1. The molecule has 1 unspecified atom stereocenters. The molecule has 0 bridgehead atoms. The molecule has 0 aliphatic carbocycles. The second kappa shape index (κ2) is 8.35. The smallest absolute Gasteiger partial charge is 0.267 e. The first-order valence-electron chi connectivity index (χ1n) is 8.85. The fourth-order valence-electron chi connectivity index (χ4n) is 2.77. The summed E-state index contributed by atoms with van der Waals surface area (Å²) in [5.74, 6) is 0.521. The van der Waals surface area contributed by atoms with Gasteiger partial charge in [0.2, 0.25) is 10.0 Å². The van der Waals surface area contributed by atoms with Gasteiger partial charge in [-0.3, -0.25) is 9.10 Å². The Morgan fingerprint density at radius 1 is 1.29 bits per heavy atom. The average Bonchev–Trinajstić information content (AvgIpc) is 2.72. The van der Waals surface area contributed by atoms with Gasteiger partial charge in [0.1, 0.15) is 18.1 Å².